The van der Waals surface area contributed by atoms with E-state index in [0.29, 0.717) is 10.7 Å². The van der Waals surface area contributed by atoms with Gasteiger partial charge in [-0.3, -0.25) is 4.79 Å². The molecule has 0 fully saturated rings. The molecule has 2 unspecified atom stereocenters. The Kier molecular flexibility index (Phi) is 5.72. The maximum Gasteiger partial charge on any atom is 0.319 e. The molecule has 3 amide bonds. The highest BCUT2D eigenvalue weighted by molar-refractivity contribution is 6.30. The molecular formula is C24H22ClN3O2. The molecule has 0 spiro atoms. The predicted molar refractivity (Wildman–Crippen MR) is 118 cm³/mol. The molecule has 0 saturated carbocycles. The SMILES string of the molecule is CC(NC(=O)N1CC(=O)Nc2ccc(Cl)cc2C1c1ccccc1)c1ccccc1. The van der Waals surface area contributed by atoms with Crippen LogP contribution in [0.3, 0.4) is 0 Å². The summed E-state index contributed by atoms with van der Waals surface area (Å²) in [5.74, 6) is -0.250. The van der Waals surface area contributed by atoms with Gasteiger partial charge in [0.25, 0.3) is 0 Å². The molecule has 6 heteroatoms. The van der Waals surface area contributed by atoms with E-state index in [-0.39, 0.29) is 24.5 Å². The molecular weight excluding hydrogens is 398 g/mol. The molecule has 30 heavy (non-hydrogen) atoms. The van der Waals surface area contributed by atoms with Crippen LogP contribution in [0.25, 0.3) is 0 Å². The molecule has 1 heterocycles. The fraction of sp³-hybridized carbons (Fsp3) is 0.167. The normalized spacial score (nSPS) is 16.8. The van der Waals surface area contributed by atoms with Gasteiger partial charge in [-0.2, -0.15) is 0 Å². The Bertz CT molecular complexity index is 1060. The molecule has 0 bridgehead atoms. The molecule has 0 saturated heterocycles. The number of hydrogen-bond donors (Lipinski definition) is 2. The lowest BCUT2D eigenvalue weighted by Crippen LogP contribution is -2.45. The average Bonchev–Trinajstić information content (AvgIpc) is 2.90. The molecule has 4 rings (SSSR count). The highest BCUT2D eigenvalue weighted by Gasteiger charge is 2.34. The lowest BCUT2D eigenvalue weighted by Gasteiger charge is -2.32. The average molecular weight is 420 g/mol. The fourth-order valence-corrected chi connectivity index (χ4v) is 3.93. The molecule has 1 aliphatic rings. The van der Waals surface area contributed by atoms with Crippen LogP contribution in [0.2, 0.25) is 5.02 Å². The molecule has 5 nitrogen and oxygen atoms in total. The van der Waals surface area contributed by atoms with Gasteiger partial charge in [0.1, 0.15) is 6.54 Å². The fourth-order valence-electron chi connectivity index (χ4n) is 3.75. The van der Waals surface area contributed by atoms with Gasteiger partial charge < -0.3 is 15.5 Å². The van der Waals surface area contributed by atoms with Crippen LogP contribution in [-0.4, -0.2) is 23.4 Å². The number of carbonyl (C=O) groups excluding carboxylic acids is 2. The van der Waals surface area contributed by atoms with Crippen molar-refractivity contribution >= 4 is 29.2 Å². The Balaban J connectivity index is 1.74. The lowest BCUT2D eigenvalue weighted by molar-refractivity contribution is -0.116. The van der Waals surface area contributed by atoms with E-state index in [2.05, 4.69) is 10.6 Å². The Hall–Kier alpha value is -3.31. The number of fused-ring (bicyclic) bond motifs is 1. The third kappa shape index (κ3) is 4.16. The second-order valence-corrected chi connectivity index (χ2v) is 7.74. The van der Waals surface area contributed by atoms with Crippen LogP contribution in [0.15, 0.2) is 78.9 Å². The first kappa shape index (κ1) is 20.0. The summed E-state index contributed by atoms with van der Waals surface area (Å²) in [5.41, 5.74) is 3.33. The van der Waals surface area contributed by atoms with Gasteiger partial charge in [-0.1, -0.05) is 72.3 Å². The molecule has 0 radical (unpaired) electrons. The number of hydrogen-bond acceptors (Lipinski definition) is 2. The van der Waals surface area contributed by atoms with Crippen LogP contribution in [0.5, 0.6) is 0 Å². The number of halogens is 1. The third-order valence-corrected chi connectivity index (χ3v) is 5.46. The smallest absolute Gasteiger partial charge is 0.319 e. The third-order valence-electron chi connectivity index (χ3n) is 5.22. The Morgan fingerprint density at radius 1 is 1.07 bits per heavy atom. The predicted octanol–water partition coefficient (Wildman–Crippen LogP) is 5.15. The van der Waals surface area contributed by atoms with E-state index in [9.17, 15) is 9.59 Å². The van der Waals surface area contributed by atoms with Crippen molar-refractivity contribution in [1.82, 2.24) is 10.2 Å². The van der Waals surface area contributed by atoms with E-state index >= 15 is 0 Å². The Labute approximate surface area is 180 Å². The monoisotopic (exact) mass is 419 g/mol. The Morgan fingerprint density at radius 2 is 1.73 bits per heavy atom. The van der Waals surface area contributed by atoms with Gasteiger partial charge in [-0.25, -0.2) is 4.79 Å². The highest BCUT2D eigenvalue weighted by Crippen LogP contribution is 2.37. The first-order chi connectivity index (χ1) is 14.5. The van der Waals surface area contributed by atoms with Crippen LogP contribution in [0.4, 0.5) is 10.5 Å². The van der Waals surface area contributed by atoms with Crippen LogP contribution >= 0.6 is 11.6 Å². The van der Waals surface area contributed by atoms with E-state index in [1.165, 1.54) is 0 Å². The lowest BCUT2D eigenvalue weighted by atomic mass is 9.96. The summed E-state index contributed by atoms with van der Waals surface area (Å²) in [4.78, 5) is 27.5. The van der Waals surface area contributed by atoms with Crippen molar-refractivity contribution in [1.29, 1.82) is 0 Å². The van der Waals surface area contributed by atoms with Crippen molar-refractivity contribution < 1.29 is 9.59 Å². The summed E-state index contributed by atoms with van der Waals surface area (Å²) in [5, 5.41) is 6.48. The first-order valence-corrected chi connectivity index (χ1v) is 10.2. The minimum atomic E-state index is -0.457. The number of amides is 3. The summed E-state index contributed by atoms with van der Waals surface area (Å²) < 4.78 is 0. The van der Waals surface area contributed by atoms with Crippen molar-refractivity contribution in [2.75, 3.05) is 11.9 Å². The van der Waals surface area contributed by atoms with Gasteiger partial charge in [0.2, 0.25) is 5.91 Å². The van der Waals surface area contributed by atoms with Gasteiger partial charge in [0.05, 0.1) is 12.1 Å². The number of anilines is 1. The second-order valence-electron chi connectivity index (χ2n) is 7.30. The standard InChI is InChI=1S/C24H22ClN3O2/c1-16(17-8-4-2-5-9-17)26-24(30)28-15-22(29)27-21-13-12-19(25)14-20(21)23(28)18-10-6-3-7-11-18/h2-14,16,23H,15H2,1H3,(H,26,30)(H,27,29). The molecule has 3 aromatic rings. The zero-order valence-corrected chi connectivity index (χ0v) is 17.3. The zero-order chi connectivity index (χ0) is 21.1. The number of nitrogens with one attached hydrogen (secondary N) is 2. The van der Waals surface area contributed by atoms with Crippen LogP contribution in [0, 0.1) is 0 Å². The highest BCUT2D eigenvalue weighted by atomic mass is 35.5. The van der Waals surface area contributed by atoms with Gasteiger partial charge in [0, 0.05) is 16.3 Å². The van der Waals surface area contributed by atoms with E-state index in [1.54, 1.807) is 23.1 Å². The quantitative estimate of drug-likeness (QED) is 0.616. The number of urea groups is 1. The minimum Gasteiger partial charge on any atom is -0.331 e. The van der Waals surface area contributed by atoms with Crippen molar-refractivity contribution in [3.63, 3.8) is 0 Å². The molecule has 0 aromatic heterocycles. The second kappa shape index (κ2) is 8.59. The van der Waals surface area contributed by atoms with Gasteiger partial charge >= 0.3 is 6.03 Å². The summed E-state index contributed by atoms with van der Waals surface area (Å²) in [7, 11) is 0. The van der Waals surface area contributed by atoms with Gasteiger partial charge in [-0.05, 0) is 36.2 Å². The molecule has 1 aliphatic heterocycles. The van der Waals surface area contributed by atoms with E-state index in [1.807, 2.05) is 67.6 Å². The van der Waals surface area contributed by atoms with Crippen LogP contribution in [0.1, 0.15) is 35.7 Å². The minimum absolute atomic E-state index is 0.0702. The Morgan fingerprint density at radius 3 is 2.43 bits per heavy atom. The summed E-state index contributed by atoms with van der Waals surface area (Å²) in [6.45, 7) is 1.85. The largest absolute Gasteiger partial charge is 0.331 e. The molecule has 0 aliphatic carbocycles. The van der Waals surface area contributed by atoms with E-state index in [4.69, 9.17) is 11.6 Å². The molecule has 3 aromatic carbocycles. The maximum absolute atomic E-state index is 13.4. The molecule has 2 N–H and O–H groups in total. The van der Waals surface area contributed by atoms with Crippen molar-refractivity contribution in [2.45, 2.75) is 19.0 Å². The van der Waals surface area contributed by atoms with Crippen molar-refractivity contribution in [3.8, 4) is 0 Å². The number of benzene rings is 3. The van der Waals surface area contributed by atoms with Crippen LogP contribution in [-0.2, 0) is 4.79 Å². The van der Waals surface area contributed by atoms with Crippen molar-refractivity contribution in [2.24, 2.45) is 0 Å². The summed E-state index contributed by atoms with van der Waals surface area (Å²) >= 11 is 6.28. The molecule has 152 valence electrons. The van der Waals surface area contributed by atoms with Crippen LogP contribution < -0.4 is 10.6 Å². The summed E-state index contributed by atoms with van der Waals surface area (Å²) in [6.07, 6.45) is 0. The first-order valence-electron chi connectivity index (χ1n) is 9.79. The zero-order valence-electron chi connectivity index (χ0n) is 16.5. The van der Waals surface area contributed by atoms with Gasteiger partial charge in [-0.15, -0.1) is 0 Å². The number of nitrogens with zero attached hydrogens (tertiary/aromatic N) is 1. The number of carbonyl (C=O) groups is 2. The maximum atomic E-state index is 13.4. The van der Waals surface area contributed by atoms with E-state index in [0.717, 1.165) is 16.7 Å². The topological polar surface area (TPSA) is 61.4 Å². The molecule has 2 atom stereocenters. The number of rotatable bonds is 3. The van der Waals surface area contributed by atoms with Crippen molar-refractivity contribution in [3.05, 3.63) is 101 Å². The summed E-state index contributed by atoms with van der Waals surface area (Å²) in [6, 6.07) is 23.7. The van der Waals surface area contributed by atoms with Gasteiger partial charge in [0.15, 0.2) is 0 Å². The van der Waals surface area contributed by atoms with E-state index < -0.39 is 6.04 Å².